The second kappa shape index (κ2) is 12.4. The third-order valence-electron chi connectivity index (χ3n) is 4.94. The molecule has 0 saturated carbocycles. The van der Waals surface area contributed by atoms with Crippen LogP contribution in [0, 0.1) is 11.3 Å². The van der Waals surface area contributed by atoms with Gasteiger partial charge in [-0.15, -0.1) is 0 Å². The zero-order valence-electron chi connectivity index (χ0n) is 15.3. The van der Waals surface area contributed by atoms with Crippen molar-refractivity contribution in [2.75, 3.05) is 0 Å². The Morgan fingerprint density at radius 3 is 1.91 bits per heavy atom. The Balaban J connectivity index is 5.22. The Hall–Kier alpha value is -1.06. The maximum absolute atomic E-state index is 12.1. The molecule has 0 bridgehead atoms. The van der Waals surface area contributed by atoms with Crippen LogP contribution in [0.2, 0.25) is 0 Å². The first-order chi connectivity index (χ1) is 10.9. The van der Waals surface area contributed by atoms with Crippen LogP contribution in [0.3, 0.4) is 0 Å². The van der Waals surface area contributed by atoms with E-state index in [1.54, 1.807) is 0 Å². The summed E-state index contributed by atoms with van der Waals surface area (Å²) in [5.41, 5.74) is -1.09. The molecule has 0 fully saturated rings. The topological polar surface area (TPSA) is 74.6 Å². The van der Waals surface area contributed by atoms with Gasteiger partial charge in [-0.2, -0.15) is 0 Å². The zero-order valence-corrected chi connectivity index (χ0v) is 15.3. The van der Waals surface area contributed by atoms with E-state index in [2.05, 4.69) is 20.8 Å². The number of carboxylic acid groups (broad SMARTS) is 2. The minimum atomic E-state index is -1.09. The summed E-state index contributed by atoms with van der Waals surface area (Å²) in [5, 5.41) is 19.2. The van der Waals surface area contributed by atoms with Gasteiger partial charge in [0.1, 0.15) is 0 Å². The molecule has 136 valence electrons. The molecular weight excluding hydrogens is 292 g/mol. The van der Waals surface area contributed by atoms with Crippen molar-refractivity contribution in [2.24, 2.45) is 11.3 Å². The van der Waals surface area contributed by atoms with E-state index in [1.165, 1.54) is 0 Å². The lowest BCUT2D eigenvalue weighted by molar-refractivity contribution is -0.161. The number of aliphatic carboxylic acids is 2. The van der Waals surface area contributed by atoms with Gasteiger partial charge in [-0.1, -0.05) is 72.1 Å². The molecule has 2 unspecified atom stereocenters. The Morgan fingerprint density at radius 1 is 0.826 bits per heavy atom. The molecule has 4 heteroatoms. The largest absolute Gasteiger partial charge is 0.481 e. The average Bonchev–Trinajstić information content (AvgIpc) is 2.49. The molecule has 0 spiro atoms. The summed E-state index contributed by atoms with van der Waals surface area (Å²) in [7, 11) is 0. The normalized spacial score (nSPS) is 15.1. The summed E-state index contributed by atoms with van der Waals surface area (Å²) in [6, 6.07) is 0. The Bertz CT molecular complexity index is 340. The third-order valence-corrected chi connectivity index (χ3v) is 4.94. The number of carbonyl (C=O) groups is 2. The molecule has 0 aliphatic heterocycles. The SMILES string of the molecule is CCCCCCC(CCC)C(CCCCC)(CC(=O)O)C(=O)O. The highest BCUT2D eigenvalue weighted by atomic mass is 16.4. The van der Waals surface area contributed by atoms with Crippen molar-refractivity contribution in [3.63, 3.8) is 0 Å². The average molecular weight is 328 g/mol. The number of hydrogen-bond donors (Lipinski definition) is 2. The molecule has 2 atom stereocenters. The van der Waals surface area contributed by atoms with Gasteiger partial charge in [-0.3, -0.25) is 9.59 Å². The first-order valence-corrected chi connectivity index (χ1v) is 9.39. The van der Waals surface area contributed by atoms with Crippen LogP contribution in [-0.2, 0) is 9.59 Å². The van der Waals surface area contributed by atoms with E-state index in [4.69, 9.17) is 0 Å². The summed E-state index contributed by atoms with van der Waals surface area (Å²) in [5.74, 6) is -1.93. The molecule has 0 aliphatic rings. The predicted octanol–water partition coefficient (Wildman–Crippen LogP) is 5.50. The van der Waals surface area contributed by atoms with Crippen LogP contribution in [0.5, 0.6) is 0 Å². The fourth-order valence-electron chi connectivity index (χ4n) is 3.62. The maximum Gasteiger partial charge on any atom is 0.310 e. The molecule has 0 radical (unpaired) electrons. The van der Waals surface area contributed by atoms with Gasteiger partial charge in [-0.25, -0.2) is 0 Å². The van der Waals surface area contributed by atoms with Gasteiger partial charge in [0.05, 0.1) is 11.8 Å². The molecule has 4 nitrogen and oxygen atoms in total. The van der Waals surface area contributed by atoms with E-state index in [0.29, 0.717) is 6.42 Å². The molecule has 0 amide bonds. The first kappa shape index (κ1) is 21.9. The van der Waals surface area contributed by atoms with Crippen LogP contribution in [-0.4, -0.2) is 22.2 Å². The zero-order chi connectivity index (χ0) is 17.7. The molecule has 2 N–H and O–H groups in total. The molecule has 0 aromatic heterocycles. The number of carboxylic acids is 2. The predicted molar refractivity (Wildman–Crippen MR) is 93.6 cm³/mol. The first-order valence-electron chi connectivity index (χ1n) is 9.39. The van der Waals surface area contributed by atoms with E-state index < -0.39 is 17.4 Å². The fraction of sp³-hybridized carbons (Fsp3) is 0.895. The summed E-state index contributed by atoms with van der Waals surface area (Å²) >= 11 is 0. The number of hydrogen-bond acceptors (Lipinski definition) is 2. The Kier molecular flexibility index (Phi) is 11.8. The van der Waals surface area contributed by atoms with Crippen LogP contribution < -0.4 is 0 Å². The van der Waals surface area contributed by atoms with Gasteiger partial charge in [0.2, 0.25) is 0 Å². The van der Waals surface area contributed by atoms with Crippen LogP contribution in [0.1, 0.15) is 97.8 Å². The third kappa shape index (κ3) is 7.85. The maximum atomic E-state index is 12.1. The number of unbranched alkanes of at least 4 members (excludes halogenated alkanes) is 5. The van der Waals surface area contributed by atoms with Crippen molar-refractivity contribution in [1.82, 2.24) is 0 Å². The Morgan fingerprint density at radius 2 is 1.43 bits per heavy atom. The lowest BCUT2D eigenvalue weighted by Gasteiger charge is -2.36. The smallest absolute Gasteiger partial charge is 0.310 e. The lowest BCUT2D eigenvalue weighted by Crippen LogP contribution is -2.41. The highest BCUT2D eigenvalue weighted by Crippen LogP contribution is 2.43. The summed E-state index contributed by atoms with van der Waals surface area (Å²) in [6.07, 6.45) is 9.97. The van der Waals surface area contributed by atoms with Crippen LogP contribution in [0.25, 0.3) is 0 Å². The van der Waals surface area contributed by atoms with Gasteiger partial charge in [0.25, 0.3) is 0 Å². The van der Waals surface area contributed by atoms with Crippen LogP contribution >= 0.6 is 0 Å². The highest BCUT2D eigenvalue weighted by Gasteiger charge is 2.46. The molecule has 0 saturated heterocycles. The van der Waals surface area contributed by atoms with Gasteiger partial charge in [-0.05, 0) is 25.2 Å². The second-order valence-corrected chi connectivity index (χ2v) is 6.82. The molecular formula is C19H36O4. The van der Waals surface area contributed by atoms with Crippen LogP contribution in [0.15, 0.2) is 0 Å². The van der Waals surface area contributed by atoms with E-state index in [9.17, 15) is 19.8 Å². The fourth-order valence-corrected chi connectivity index (χ4v) is 3.62. The minimum Gasteiger partial charge on any atom is -0.481 e. The summed E-state index contributed by atoms with van der Waals surface area (Å²) in [4.78, 5) is 23.5. The molecule has 23 heavy (non-hydrogen) atoms. The van der Waals surface area contributed by atoms with Gasteiger partial charge < -0.3 is 10.2 Å². The van der Waals surface area contributed by atoms with Gasteiger partial charge in [0.15, 0.2) is 0 Å². The van der Waals surface area contributed by atoms with Crippen molar-refractivity contribution in [1.29, 1.82) is 0 Å². The number of rotatable bonds is 15. The molecule has 0 aliphatic carbocycles. The van der Waals surface area contributed by atoms with Crippen LogP contribution in [0.4, 0.5) is 0 Å². The van der Waals surface area contributed by atoms with Gasteiger partial charge >= 0.3 is 11.9 Å². The van der Waals surface area contributed by atoms with Crippen molar-refractivity contribution in [3.05, 3.63) is 0 Å². The van der Waals surface area contributed by atoms with E-state index >= 15 is 0 Å². The molecule has 0 heterocycles. The van der Waals surface area contributed by atoms with E-state index in [-0.39, 0.29) is 12.3 Å². The van der Waals surface area contributed by atoms with E-state index in [1.807, 2.05) is 0 Å². The highest BCUT2D eigenvalue weighted by molar-refractivity contribution is 5.81. The molecule has 0 rings (SSSR count). The van der Waals surface area contributed by atoms with Crippen molar-refractivity contribution >= 4 is 11.9 Å². The standard InChI is InChI=1S/C19H36O4/c1-4-7-9-10-13-16(12-6-3)19(18(22)23,15-17(20)21)14-11-8-5-2/h16H,4-15H2,1-3H3,(H,20,21)(H,22,23). The van der Waals surface area contributed by atoms with Gasteiger partial charge in [0, 0.05) is 0 Å². The minimum absolute atomic E-state index is 0.0326. The molecule has 0 aromatic carbocycles. The molecule has 0 aromatic rings. The summed E-state index contributed by atoms with van der Waals surface area (Å²) in [6.45, 7) is 6.28. The Labute approximate surface area is 141 Å². The van der Waals surface area contributed by atoms with Crippen molar-refractivity contribution in [3.8, 4) is 0 Å². The quantitative estimate of drug-likeness (QED) is 0.389. The summed E-state index contributed by atoms with van der Waals surface area (Å²) < 4.78 is 0. The van der Waals surface area contributed by atoms with Crippen molar-refractivity contribution < 1.29 is 19.8 Å². The van der Waals surface area contributed by atoms with Crippen molar-refractivity contribution in [2.45, 2.75) is 97.8 Å². The van der Waals surface area contributed by atoms with E-state index in [0.717, 1.165) is 64.2 Å². The lowest BCUT2D eigenvalue weighted by atomic mass is 9.66. The second-order valence-electron chi connectivity index (χ2n) is 6.82. The monoisotopic (exact) mass is 328 g/mol.